The molecule has 0 aliphatic heterocycles. The Hall–Kier alpha value is -0.960. The van der Waals surface area contributed by atoms with Crippen molar-refractivity contribution in [2.45, 2.75) is 6.92 Å². The van der Waals surface area contributed by atoms with Crippen molar-refractivity contribution in [3.05, 3.63) is 34.7 Å². The van der Waals surface area contributed by atoms with Gasteiger partial charge in [-0.3, -0.25) is 9.97 Å². The number of aryl methyl sites for hydroxylation is 1. The van der Waals surface area contributed by atoms with Gasteiger partial charge in [0, 0.05) is 22.3 Å². The van der Waals surface area contributed by atoms with Crippen molar-refractivity contribution in [1.82, 2.24) is 9.97 Å². The van der Waals surface area contributed by atoms with Gasteiger partial charge in [0.1, 0.15) is 0 Å². The van der Waals surface area contributed by atoms with Crippen LogP contribution in [-0.2, 0) is 0 Å². The normalized spacial score (nSPS) is 10.5. The van der Waals surface area contributed by atoms with Crippen molar-refractivity contribution in [2.24, 2.45) is 0 Å². The van der Waals surface area contributed by atoms with Gasteiger partial charge in [-0.25, -0.2) is 0 Å². The molecule has 0 fully saturated rings. The van der Waals surface area contributed by atoms with Crippen LogP contribution in [-0.4, -0.2) is 9.97 Å². The van der Waals surface area contributed by atoms with Crippen LogP contribution in [0.15, 0.2) is 29.0 Å². The molecule has 0 aromatic carbocycles. The maximum atomic E-state index is 4.27. The smallest absolute Gasteiger partial charge is 0.0915 e. The topological polar surface area (TPSA) is 25.8 Å². The van der Waals surface area contributed by atoms with E-state index < -0.39 is 0 Å². The van der Waals surface area contributed by atoms with Crippen LogP contribution in [0.5, 0.6) is 0 Å². The van der Waals surface area contributed by atoms with E-state index in [0.29, 0.717) is 0 Å². The molecule has 0 unspecified atom stereocenters. The first kappa shape index (κ1) is 7.68. The average Bonchev–Trinajstić information content (AvgIpc) is 2.04. The zero-order valence-electron chi connectivity index (χ0n) is 6.58. The molecular formula is C9H7BrN2. The SMILES string of the molecule is Cc1nccc2cc(Br)cnc12. The summed E-state index contributed by atoms with van der Waals surface area (Å²) in [5.41, 5.74) is 1.95. The first-order chi connectivity index (χ1) is 5.77. The minimum atomic E-state index is 0.972. The number of pyridine rings is 2. The van der Waals surface area contributed by atoms with Gasteiger partial charge in [-0.2, -0.15) is 0 Å². The molecule has 60 valence electrons. The highest BCUT2D eigenvalue weighted by Gasteiger charge is 1.98. The Morgan fingerprint density at radius 2 is 2.17 bits per heavy atom. The van der Waals surface area contributed by atoms with E-state index in [2.05, 4.69) is 25.9 Å². The van der Waals surface area contributed by atoms with Crippen LogP contribution in [0.2, 0.25) is 0 Å². The fourth-order valence-corrected chi connectivity index (χ4v) is 1.52. The number of hydrogen-bond acceptors (Lipinski definition) is 2. The number of hydrogen-bond donors (Lipinski definition) is 0. The molecular weight excluding hydrogens is 216 g/mol. The molecule has 0 amide bonds. The second-order valence-corrected chi connectivity index (χ2v) is 3.54. The third-order valence-electron chi connectivity index (χ3n) is 1.75. The molecule has 12 heavy (non-hydrogen) atoms. The number of fused-ring (bicyclic) bond motifs is 1. The molecule has 0 aliphatic rings. The number of rotatable bonds is 0. The second kappa shape index (κ2) is 2.83. The van der Waals surface area contributed by atoms with E-state index in [-0.39, 0.29) is 0 Å². The molecule has 2 rings (SSSR count). The molecule has 2 heterocycles. The Labute approximate surface area is 78.8 Å². The lowest BCUT2D eigenvalue weighted by atomic mass is 10.2. The quantitative estimate of drug-likeness (QED) is 0.686. The number of nitrogens with zero attached hydrogens (tertiary/aromatic N) is 2. The molecule has 0 radical (unpaired) electrons. The zero-order valence-corrected chi connectivity index (χ0v) is 8.17. The molecule has 2 nitrogen and oxygen atoms in total. The minimum Gasteiger partial charge on any atom is -0.259 e. The van der Waals surface area contributed by atoms with Crippen molar-refractivity contribution >= 4 is 26.8 Å². The molecule has 3 heteroatoms. The fraction of sp³-hybridized carbons (Fsp3) is 0.111. The van der Waals surface area contributed by atoms with E-state index in [1.54, 1.807) is 12.4 Å². The third kappa shape index (κ3) is 1.20. The maximum Gasteiger partial charge on any atom is 0.0915 e. The van der Waals surface area contributed by atoms with Gasteiger partial charge in [0.05, 0.1) is 11.2 Å². The Morgan fingerprint density at radius 1 is 1.33 bits per heavy atom. The lowest BCUT2D eigenvalue weighted by molar-refractivity contribution is 1.20. The molecule has 0 spiro atoms. The van der Waals surface area contributed by atoms with Gasteiger partial charge in [-0.15, -0.1) is 0 Å². The average molecular weight is 223 g/mol. The predicted octanol–water partition coefficient (Wildman–Crippen LogP) is 2.70. The molecule has 0 atom stereocenters. The summed E-state index contributed by atoms with van der Waals surface area (Å²) in [6.45, 7) is 1.96. The maximum absolute atomic E-state index is 4.27. The Bertz CT molecular complexity index is 426. The molecule has 2 aromatic heterocycles. The predicted molar refractivity (Wildman–Crippen MR) is 52.0 cm³/mol. The Balaban J connectivity index is 2.86. The summed E-state index contributed by atoms with van der Waals surface area (Å²) in [5, 5.41) is 1.12. The largest absolute Gasteiger partial charge is 0.259 e. The molecule has 0 saturated carbocycles. The molecule has 0 saturated heterocycles. The van der Waals surface area contributed by atoms with Gasteiger partial charge < -0.3 is 0 Å². The highest BCUT2D eigenvalue weighted by atomic mass is 79.9. The van der Waals surface area contributed by atoms with Crippen molar-refractivity contribution in [2.75, 3.05) is 0 Å². The summed E-state index contributed by atoms with van der Waals surface area (Å²) < 4.78 is 1.00. The lowest BCUT2D eigenvalue weighted by Crippen LogP contribution is -1.85. The molecule has 0 aliphatic carbocycles. The van der Waals surface area contributed by atoms with E-state index >= 15 is 0 Å². The van der Waals surface area contributed by atoms with Crippen molar-refractivity contribution in [3.63, 3.8) is 0 Å². The number of halogens is 1. The van der Waals surface area contributed by atoms with Crippen LogP contribution < -0.4 is 0 Å². The van der Waals surface area contributed by atoms with Crippen LogP contribution in [0.1, 0.15) is 5.69 Å². The summed E-state index contributed by atoms with van der Waals surface area (Å²) in [6.07, 6.45) is 3.59. The zero-order chi connectivity index (χ0) is 8.55. The van der Waals surface area contributed by atoms with Gasteiger partial charge in [0.25, 0.3) is 0 Å². The van der Waals surface area contributed by atoms with E-state index in [1.807, 2.05) is 19.1 Å². The molecule has 0 N–H and O–H groups in total. The van der Waals surface area contributed by atoms with Crippen LogP contribution in [0.3, 0.4) is 0 Å². The Morgan fingerprint density at radius 3 is 3.00 bits per heavy atom. The standard InChI is InChI=1S/C9H7BrN2/c1-6-9-7(2-3-11-6)4-8(10)5-12-9/h2-5H,1H3. The van der Waals surface area contributed by atoms with Gasteiger partial charge in [0.15, 0.2) is 0 Å². The van der Waals surface area contributed by atoms with E-state index in [1.165, 1.54) is 0 Å². The van der Waals surface area contributed by atoms with Crippen molar-refractivity contribution in [3.8, 4) is 0 Å². The summed E-state index contributed by atoms with van der Waals surface area (Å²) in [4.78, 5) is 8.43. The minimum absolute atomic E-state index is 0.972. The summed E-state index contributed by atoms with van der Waals surface area (Å²) >= 11 is 3.37. The fourth-order valence-electron chi connectivity index (χ4n) is 1.17. The molecule has 0 bridgehead atoms. The highest BCUT2D eigenvalue weighted by molar-refractivity contribution is 9.10. The third-order valence-corrected chi connectivity index (χ3v) is 2.18. The van der Waals surface area contributed by atoms with Crippen LogP contribution in [0.4, 0.5) is 0 Å². The summed E-state index contributed by atoms with van der Waals surface area (Å²) in [7, 11) is 0. The lowest BCUT2D eigenvalue weighted by Gasteiger charge is -1.99. The van der Waals surface area contributed by atoms with E-state index in [0.717, 1.165) is 21.1 Å². The van der Waals surface area contributed by atoms with Crippen LogP contribution in [0, 0.1) is 6.92 Å². The molecule has 2 aromatic rings. The summed E-state index contributed by atoms with van der Waals surface area (Å²) in [6, 6.07) is 4.00. The van der Waals surface area contributed by atoms with Crippen LogP contribution in [0.25, 0.3) is 10.9 Å². The van der Waals surface area contributed by atoms with Crippen LogP contribution >= 0.6 is 15.9 Å². The van der Waals surface area contributed by atoms with E-state index in [4.69, 9.17) is 0 Å². The summed E-state index contributed by atoms with van der Waals surface area (Å²) in [5.74, 6) is 0. The second-order valence-electron chi connectivity index (χ2n) is 2.62. The number of aromatic nitrogens is 2. The van der Waals surface area contributed by atoms with E-state index in [9.17, 15) is 0 Å². The van der Waals surface area contributed by atoms with Gasteiger partial charge in [0.2, 0.25) is 0 Å². The van der Waals surface area contributed by atoms with Gasteiger partial charge in [-0.1, -0.05) is 0 Å². The monoisotopic (exact) mass is 222 g/mol. The van der Waals surface area contributed by atoms with Gasteiger partial charge >= 0.3 is 0 Å². The highest BCUT2D eigenvalue weighted by Crippen LogP contribution is 2.17. The van der Waals surface area contributed by atoms with Gasteiger partial charge in [-0.05, 0) is 35.0 Å². The van der Waals surface area contributed by atoms with Crippen molar-refractivity contribution < 1.29 is 0 Å². The van der Waals surface area contributed by atoms with Crippen molar-refractivity contribution in [1.29, 1.82) is 0 Å². The first-order valence-electron chi connectivity index (χ1n) is 3.64. The first-order valence-corrected chi connectivity index (χ1v) is 4.43. The Kier molecular flexibility index (Phi) is 1.81.